The third-order valence-electron chi connectivity index (χ3n) is 5.52. The molecule has 3 rings (SSSR count). The van der Waals surface area contributed by atoms with Crippen LogP contribution in [-0.4, -0.2) is 12.1 Å². The SMILES string of the molecule is CCC[C@H]1CC[C@H](c2ccc(C(OC)c3ccccc3F)nc2)CC1. The van der Waals surface area contributed by atoms with Gasteiger partial charge in [-0.05, 0) is 55.2 Å². The molecule has 25 heavy (non-hydrogen) atoms. The maximum absolute atomic E-state index is 14.1. The Balaban J connectivity index is 1.71. The van der Waals surface area contributed by atoms with Crippen LogP contribution in [0, 0.1) is 11.7 Å². The van der Waals surface area contributed by atoms with Gasteiger partial charge in [0.15, 0.2) is 0 Å². The van der Waals surface area contributed by atoms with E-state index in [0.29, 0.717) is 11.5 Å². The number of benzene rings is 1. The molecule has 3 heteroatoms. The summed E-state index contributed by atoms with van der Waals surface area (Å²) in [7, 11) is 1.60. The van der Waals surface area contributed by atoms with E-state index in [1.807, 2.05) is 18.3 Å². The quantitative estimate of drug-likeness (QED) is 0.640. The Hall–Kier alpha value is -1.74. The predicted octanol–water partition coefficient (Wildman–Crippen LogP) is 6.03. The van der Waals surface area contributed by atoms with E-state index in [9.17, 15) is 4.39 Å². The minimum Gasteiger partial charge on any atom is -0.370 e. The lowest BCUT2D eigenvalue weighted by molar-refractivity contribution is 0.129. The number of halogens is 1. The lowest BCUT2D eigenvalue weighted by Gasteiger charge is -2.28. The molecule has 0 spiro atoms. The van der Waals surface area contributed by atoms with E-state index in [-0.39, 0.29) is 5.82 Å². The maximum atomic E-state index is 14.1. The maximum Gasteiger partial charge on any atom is 0.129 e. The normalized spacial score (nSPS) is 21.9. The van der Waals surface area contributed by atoms with Crippen LogP contribution >= 0.6 is 0 Å². The first kappa shape index (κ1) is 18.1. The molecule has 1 aliphatic rings. The number of methoxy groups -OCH3 is 1. The summed E-state index contributed by atoms with van der Waals surface area (Å²) in [5, 5.41) is 0. The van der Waals surface area contributed by atoms with Crippen molar-refractivity contribution in [1.82, 2.24) is 4.98 Å². The van der Waals surface area contributed by atoms with E-state index in [1.165, 1.54) is 50.2 Å². The third-order valence-corrected chi connectivity index (χ3v) is 5.52. The fraction of sp³-hybridized carbons (Fsp3) is 0.500. The average Bonchev–Trinajstić information content (AvgIpc) is 2.65. The standard InChI is InChI=1S/C22H28FNO/c1-3-6-16-9-11-17(12-10-16)18-13-14-21(24-15-18)22(25-2)19-7-4-5-8-20(19)23/h4-5,7-8,13-17,22H,3,6,9-12H2,1-2H3/t16-,17-,22?. The molecule has 0 N–H and O–H groups in total. The van der Waals surface area contributed by atoms with Crippen LogP contribution < -0.4 is 0 Å². The van der Waals surface area contributed by atoms with Crippen molar-refractivity contribution >= 4 is 0 Å². The summed E-state index contributed by atoms with van der Waals surface area (Å²) in [6.45, 7) is 2.27. The lowest BCUT2D eigenvalue weighted by Crippen LogP contribution is -2.14. The highest BCUT2D eigenvalue weighted by Gasteiger charge is 2.23. The number of rotatable bonds is 6. The highest BCUT2D eigenvalue weighted by Crippen LogP contribution is 2.37. The second kappa shape index (κ2) is 8.57. The Morgan fingerprint density at radius 3 is 2.48 bits per heavy atom. The number of nitrogens with zero attached hydrogens (tertiary/aromatic N) is 1. The Kier molecular flexibility index (Phi) is 6.19. The first-order valence-corrected chi connectivity index (χ1v) is 9.46. The van der Waals surface area contributed by atoms with Gasteiger partial charge in [0.2, 0.25) is 0 Å². The van der Waals surface area contributed by atoms with Crippen LogP contribution in [0.3, 0.4) is 0 Å². The molecule has 1 aromatic heterocycles. The summed E-state index contributed by atoms with van der Waals surface area (Å²) in [4.78, 5) is 4.61. The van der Waals surface area contributed by atoms with Crippen molar-refractivity contribution in [2.24, 2.45) is 5.92 Å². The molecular weight excluding hydrogens is 313 g/mol. The molecule has 1 atom stereocenters. The smallest absolute Gasteiger partial charge is 0.129 e. The fourth-order valence-corrected chi connectivity index (χ4v) is 4.10. The van der Waals surface area contributed by atoms with E-state index >= 15 is 0 Å². The molecule has 2 aromatic rings. The lowest BCUT2D eigenvalue weighted by atomic mass is 9.77. The second-order valence-corrected chi connectivity index (χ2v) is 7.16. The van der Waals surface area contributed by atoms with Crippen LogP contribution in [0.1, 0.15) is 74.3 Å². The minimum absolute atomic E-state index is 0.255. The van der Waals surface area contributed by atoms with Gasteiger partial charge in [-0.3, -0.25) is 4.98 Å². The number of pyridine rings is 1. The van der Waals surface area contributed by atoms with Gasteiger partial charge in [0.25, 0.3) is 0 Å². The van der Waals surface area contributed by atoms with Gasteiger partial charge < -0.3 is 4.74 Å². The van der Waals surface area contributed by atoms with Crippen LogP contribution in [0.5, 0.6) is 0 Å². The van der Waals surface area contributed by atoms with E-state index in [0.717, 1.165) is 11.6 Å². The second-order valence-electron chi connectivity index (χ2n) is 7.16. The summed E-state index contributed by atoms with van der Waals surface area (Å²) in [5.41, 5.74) is 2.60. The zero-order valence-electron chi connectivity index (χ0n) is 15.2. The third kappa shape index (κ3) is 4.27. The van der Waals surface area contributed by atoms with Crippen LogP contribution in [0.25, 0.3) is 0 Å². The Morgan fingerprint density at radius 1 is 1.12 bits per heavy atom. The molecule has 0 radical (unpaired) electrons. The highest BCUT2D eigenvalue weighted by molar-refractivity contribution is 5.29. The molecule has 2 nitrogen and oxygen atoms in total. The summed E-state index contributed by atoms with van der Waals surface area (Å²) < 4.78 is 19.6. The summed E-state index contributed by atoms with van der Waals surface area (Å²) in [6, 6.07) is 10.9. The number of hydrogen-bond donors (Lipinski definition) is 0. The first-order valence-electron chi connectivity index (χ1n) is 9.46. The molecular formula is C22H28FNO. The van der Waals surface area contributed by atoms with Crippen molar-refractivity contribution < 1.29 is 9.13 Å². The van der Waals surface area contributed by atoms with Crippen LogP contribution in [0.2, 0.25) is 0 Å². The molecule has 1 saturated carbocycles. The van der Waals surface area contributed by atoms with Crippen LogP contribution in [0.15, 0.2) is 42.6 Å². The Morgan fingerprint density at radius 2 is 1.88 bits per heavy atom. The van der Waals surface area contributed by atoms with E-state index in [1.54, 1.807) is 19.2 Å². The average molecular weight is 341 g/mol. The molecule has 1 heterocycles. The molecule has 1 fully saturated rings. The molecule has 0 aliphatic heterocycles. The van der Waals surface area contributed by atoms with Crippen molar-refractivity contribution in [2.45, 2.75) is 57.5 Å². The molecule has 1 unspecified atom stereocenters. The van der Waals surface area contributed by atoms with Crippen LogP contribution in [0.4, 0.5) is 4.39 Å². The van der Waals surface area contributed by atoms with E-state index in [4.69, 9.17) is 4.74 Å². The van der Waals surface area contributed by atoms with Crippen LogP contribution in [-0.2, 0) is 4.74 Å². The van der Waals surface area contributed by atoms with Gasteiger partial charge in [-0.1, -0.05) is 44.0 Å². The van der Waals surface area contributed by atoms with Crippen molar-refractivity contribution in [3.8, 4) is 0 Å². The van der Waals surface area contributed by atoms with Gasteiger partial charge in [-0.25, -0.2) is 4.39 Å². The van der Waals surface area contributed by atoms with E-state index in [2.05, 4.69) is 18.0 Å². The Labute approximate surface area is 150 Å². The first-order chi connectivity index (χ1) is 12.2. The van der Waals surface area contributed by atoms with Gasteiger partial charge in [-0.2, -0.15) is 0 Å². The van der Waals surface area contributed by atoms with Gasteiger partial charge in [0.1, 0.15) is 11.9 Å². The largest absolute Gasteiger partial charge is 0.370 e. The molecule has 1 aromatic carbocycles. The summed E-state index contributed by atoms with van der Waals surface area (Å²) >= 11 is 0. The zero-order chi connectivity index (χ0) is 17.6. The molecule has 1 aliphatic carbocycles. The van der Waals surface area contributed by atoms with Crippen molar-refractivity contribution in [3.05, 3.63) is 65.2 Å². The Bertz CT molecular complexity index is 662. The van der Waals surface area contributed by atoms with Crippen molar-refractivity contribution in [2.75, 3.05) is 7.11 Å². The highest BCUT2D eigenvalue weighted by atomic mass is 19.1. The molecule has 0 saturated heterocycles. The van der Waals surface area contributed by atoms with Gasteiger partial charge in [0, 0.05) is 18.9 Å². The zero-order valence-corrected chi connectivity index (χ0v) is 15.2. The number of hydrogen-bond acceptors (Lipinski definition) is 2. The predicted molar refractivity (Wildman–Crippen MR) is 99.1 cm³/mol. The summed E-state index contributed by atoms with van der Waals surface area (Å²) in [6.07, 6.45) is 9.33. The topological polar surface area (TPSA) is 22.1 Å². The van der Waals surface area contributed by atoms with Gasteiger partial charge in [-0.15, -0.1) is 0 Å². The summed E-state index contributed by atoms with van der Waals surface area (Å²) in [5.74, 6) is 1.27. The monoisotopic (exact) mass is 341 g/mol. The van der Waals surface area contributed by atoms with Gasteiger partial charge >= 0.3 is 0 Å². The molecule has 0 bridgehead atoms. The van der Waals surface area contributed by atoms with E-state index < -0.39 is 6.10 Å². The molecule has 134 valence electrons. The van der Waals surface area contributed by atoms with Gasteiger partial charge in [0.05, 0.1) is 5.69 Å². The fourth-order valence-electron chi connectivity index (χ4n) is 4.10. The van der Waals surface area contributed by atoms with Crippen molar-refractivity contribution in [3.63, 3.8) is 0 Å². The molecule has 0 amide bonds. The number of ether oxygens (including phenoxy) is 1. The number of aromatic nitrogens is 1. The van der Waals surface area contributed by atoms with Crippen molar-refractivity contribution in [1.29, 1.82) is 0 Å². The minimum atomic E-state index is -0.462.